The van der Waals surface area contributed by atoms with Crippen molar-refractivity contribution in [3.05, 3.63) is 94.8 Å². The molecule has 2 N–H and O–H groups in total. The molecule has 6 heteroatoms. The van der Waals surface area contributed by atoms with Gasteiger partial charge in [-0.3, -0.25) is 5.32 Å². The van der Waals surface area contributed by atoms with E-state index < -0.39 is 0 Å². The number of benzene rings is 3. The van der Waals surface area contributed by atoms with Crippen LogP contribution in [-0.2, 0) is 17.9 Å². The maximum atomic E-state index is 12.3. The number of ether oxygens (including phenoxy) is 2. The zero-order valence-corrected chi connectivity index (χ0v) is 17.2. The number of para-hydroxylation sites is 2. The summed E-state index contributed by atoms with van der Waals surface area (Å²) in [5.41, 5.74) is 5.60. The number of carbonyl (C=O) groups is 1. The fraction of sp³-hybridized carbons (Fsp3) is 0.200. The van der Waals surface area contributed by atoms with Crippen LogP contribution in [0.25, 0.3) is 11.0 Å². The number of rotatable bonds is 5. The van der Waals surface area contributed by atoms with Crippen LogP contribution in [0.3, 0.4) is 0 Å². The Balaban J connectivity index is 1.52. The van der Waals surface area contributed by atoms with Crippen LogP contribution >= 0.6 is 0 Å². The summed E-state index contributed by atoms with van der Waals surface area (Å²) in [6.45, 7) is 3.16. The Labute approximate surface area is 180 Å². The van der Waals surface area contributed by atoms with E-state index in [1.165, 1.54) is 0 Å². The van der Waals surface area contributed by atoms with Gasteiger partial charge < -0.3 is 14.5 Å². The number of esters is 1. The molecule has 0 saturated carbocycles. The van der Waals surface area contributed by atoms with Crippen molar-refractivity contribution in [3.8, 4) is 5.75 Å². The monoisotopic (exact) mass is 413 g/mol. The highest BCUT2D eigenvalue weighted by Gasteiger charge is 2.26. The SMILES string of the molecule is CCOC(=O)c1ccc2c(c1)C(NCc1nc3ccccc3[nH]1)c1ccccc1CO2. The third kappa shape index (κ3) is 3.78. The molecule has 1 aliphatic rings. The summed E-state index contributed by atoms with van der Waals surface area (Å²) >= 11 is 0. The van der Waals surface area contributed by atoms with Gasteiger partial charge in [0, 0.05) is 5.56 Å². The molecule has 1 aliphatic heterocycles. The number of hydrogen-bond donors (Lipinski definition) is 2. The van der Waals surface area contributed by atoms with Gasteiger partial charge in [0.15, 0.2) is 0 Å². The average molecular weight is 413 g/mol. The highest BCUT2D eigenvalue weighted by Crippen LogP contribution is 2.36. The number of nitrogens with one attached hydrogen (secondary N) is 2. The van der Waals surface area contributed by atoms with Crippen molar-refractivity contribution < 1.29 is 14.3 Å². The summed E-state index contributed by atoms with van der Waals surface area (Å²) in [5, 5.41) is 3.62. The largest absolute Gasteiger partial charge is 0.489 e. The second-order valence-electron chi connectivity index (χ2n) is 7.48. The number of aromatic nitrogens is 2. The Hall–Kier alpha value is -3.64. The zero-order chi connectivity index (χ0) is 21.2. The molecule has 0 radical (unpaired) electrons. The molecule has 6 nitrogen and oxygen atoms in total. The summed E-state index contributed by atoms with van der Waals surface area (Å²) in [5.74, 6) is 1.28. The predicted octanol–water partition coefficient (Wildman–Crippen LogP) is 4.51. The highest BCUT2D eigenvalue weighted by atomic mass is 16.5. The number of carbonyl (C=O) groups excluding carboxylic acids is 1. The van der Waals surface area contributed by atoms with Gasteiger partial charge in [0.2, 0.25) is 0 Å². The molecule has 4 aromatic rings. The average Bonchev–Trinajstić information content (AvgIpc) is 3.14. The maximum Gasteiger partial charge on any atom is 0.338 e. The van der Waals surface area contributed by atoms with Crippen LogP contribution in [0.5, 0.6) is 5.75 Å². The number of fused-ring (bicyclic) bond motifs is 3. The molecule has 1 unspecified atom stereocenters. The number of imidazole rings is 1. The van der Waals surface area contributed by atoms with E-state index in [-0.39, 0.29) is 12.0 Å². The smallest absolute Gasteiger partial charge is 0.338 e. The fourth-order valence-electron chi connectivity index (χ4n) is 4.03. The van der Waals surface area contributed by atoms with Gasteiger partial charge in [0.05, 0.1) is 35.8 Å². The molecule has 1 aromatic heterocycles. The second kappa shape index (κ2) is 8.24. The normalized spacial score (nSPS) is 14.9. The van der Waals surface area contributed by atoms with Crippen LogP contribution in [0, 0.1) is 0 Å². The number of hydrogen-bond acceptors (Lipinski definition) is 5. The van der Waals surface area contributed by atoms with E-state index >= 15 is 0 Å². The van der Waals surface area contributed by atoms with E-state index in [2.05, 4.69) is 27.4 Å². The van der Waals surface area contributed by atoms with Gasteiger partial charge in [0.25, 0.3) is 0 Å². The van der Waals surface area contributed by atoms with Crippen LogP contribution in [-0.4, -0.2) is 22.5 Å². The van der Waals surface area contributed by atoms with E-state index in [1.54, 1.807) is 13.0 Å². The number of H-pyrrole nitrogens is 1. The summed E-state index contributed by atoms with van der Waals surface area (Å²) < 4.78 is 11.3. The molecule has 0 spiro atoms. The molecule has 5 rings (SSSR count). The van der Waals surface area contributed by atoms with Crippen LogP contribution in [0.1, 0.15) is 45.8 Å². The number of aromatic amines is 1. The minimum Gasteiger partial charge on any atom is -0.489 e. The minimum absolute atomic E-state index is 0.156. The van der Waals surface area contributed by atoms with Gasteiger partial charge in [-0.1, -0.05) is 36.4 Å². The first kappa shape index (κ1) is 19.3. The molecular formula is C25H23N3O3. The second-order valence-corrected chi connectivity index (χ2v) is 7.48. The van der Waals surface area contributed by atoms with Crippen molar-refractivity contribution >= 4 is 17.0 Å². The summed E-state index contributed by atoms with van der Waals surface area (Å²) in [7, 11) is 0. The van der Waals surface area contributed by atoms with Crippen LogP contribution in [0.2, 0.25) is 0 Å². The molecule has 0 bridgehead atoms. The van der Waals surface area contributed by atoms with E-state index in [0.29, 0.717) is 25.3 Å². The van der Waals surface area contributed by atoms with Crippen molar-refractivity contribution in [2.24, 2.45) is 0 Å². The van der Waals surface area contributed by atoms with Gasteiger partial charge in [-0.05, 0) is 48.4 Å². The Bertz CT molecular complexity index is 1210. The third-order valence-electron chi connectivity index (χ3n) is 5.49. The first-order valence-electron chi connectivity index (χ1n) is 10.4. The van der Waals surface area contributed by atoms with Gasteiger partial charge >= 0.3 is 5.97 Å². The quantitative estimate of drug-likeness (QED) is 0.471. The lowest BCUT2D eigenvalue weighted by molar-refractivity contribution is 0.0526. The zero-order valence-electron chi connectivity index (χ0n) is 17.2. The van der Waals surface area contributed by atoms with Crippen molar-refractivity contribution in [2.75, 3.05) is 6.61 Å². The van der Waals surface area contributed by atoms with Crippen LogP contribution in [0.15, 0.2) is 66.7 Å². The highest BCUT2D eigenvalue weighted by molar-refractivity contribution is 5.90. The van der Waals surface area contributed by atoms with Crippen LogP contribution < -0.4 is 10.1 Å². The van der Waals surface area contributed by atoms with Crippen LogP contribution in [0.4, 0.5) is 0 Å². The summed E-state index contributed by atoms with van der Waals surface area (Å²) in [6, 6.07) is 21.5. The lowest BCUT2D eigenvalue weighted by atomic mass is 9.94. The van der Waals surface area contributed by atoms with Gasteiger partial charge in [-0.2, -0.15) is 0 Å². The summed E-state index contributed by atoms with van der Waals surface area (Å²) in [4.78, 5) is 20.4. The molecule has 2 heterocycles. The van der Waals surface area contributed by atoms with Crippen molar-refractivity contribution in [1.82, 2.24) is 15.3 Å². The van der Waals surface area contributed by atoms with E-state index in [1.807, 2.05) is 48.5 Å². The maximum absolute atomic E-state index is 12.3. The van der Waals surface area contributed by atoms with Gasteiger partial charge in [-0.15, -0.1) is 0 Å². The topological polar surface area (TPSA) is 76.2 Å². The van der Waals surface area contributed by atoms with Crippen molar-refractivity contribution in [2.45, 2.75) is 26.1 Å². The third-order valence-corrected chi connectivity index (χ3v) is 5.49. The first-order chi connectivity index (χ1) is 15.2. The lowest BCUT2D eigenvalue weighted by Crippen LogP contribution is -2.23. The standard InChI is InChI=1S/C25H23N3O3/c1-2-30-25(29)16-11-12-22-19(13-16)24(18-8-4-3-7-17(18)15-31-22)26-14-23-27-20-9-5-6-10-21(20)28-23/h3-13,24,26H,2,14-15H2,1H3,(H,27,28). The molecule has 3 aromatic carbocycles. The molecule has 0 aliphatic carbocycles. The van der Waals surface area contributed by atoms with Crippen molar-refractivity contribution in [3.63, 3.8) is 0 Å². The Morgan fingerprint density at radius 1 is 1.13 bits per heavy atom. The fourth-order valence-corrected chi connectivity index (χ4v) is 4.03. The molecule has 0 saturated heterocycles. The lowest BCUT2D eigenvalue weighted by Gasteiger charge is -2.21. The van der Waals surface area contributed by atoms with E-state index in [9.17, 15) is 4.79 Å². The molecule has 0 amide bonds. The first-order valence-corrected chi connectivity index (χ1v) is 10.4. The predicted molar refractivity (Wildman–Crippen MR) is 118 cm³/mol. The summed E-state index contributed by atoms with van der Waals surface area (Å²) in [6.07, 6.45) is 0. The molecule has 156 valence electrons. The Morgan fingerprint density at radius 2 is 1.97 bits per heavy atom. The Morgan fingerprint density at radius 3 is 2.84 bits per heavy atom. The molecule has 1 atom stereocenters. The van der Waals surface area contributed by atoms with E-state index in [4.69, 9.17) is 9.47 Å². The van der Waals surface area contributed by atoms with Gasteiger partial charge in [-0.25, -0.2) is 9.78 Å². The van der Waals surface area contributed by atoms with E-state index in [0.717, 1.165) is 39.3 Å². The molecule has 0 fully saturated rings. The number of nitrogens with zero attached hydrogens (tertiary/aromatic N) is 1. The molecular weight excluding hydrogens is 390 g/mol. The minimum atomic E-state index is -0.334. The Kier molecular flexibility index (Phi) is 5.14. The van der Waals surface area contributed by atoms with Gasteiger partial charge in [0.1, 0.15) is 18.2 Å². The van der Waals surface area contributed by atoms with Crippen molar-refractivity contribution in [1.29, 1.82) is 0 Å². The molecule has 31 heavy (non-hydrogen) atoms.